The largest absolute Gasteiger partial charge is 0.338 e. The fourth-order valence-electron chi connectivity index (χ4n) is 3.50. The average molecular weight is 372 g/mol. The Labute approximate surface area is 158 Å². The number of nitrogens with zero attached hydrogens (tertiary/aromatic N) is 2. The molecule has 2 fully saturated rings. The Morgan fingerprint density at radius 3 is 2.50 bits per heavy atom. The highest BCUT2D eigenvalue weighted by Crippen LogP contribution is 2.31. The monoisotopic (exact) mass is 371 g/mol. The van der Waals surface area contributed by atoms with Gasteiger partial charge in [0.05, 0.1) is 11.4 Å². The predicted molar refractivity (Wildman–Crippen MR) is 105 cm³/mol. The SMILES string of the molecule is Cc1c(C(=O)N2CCN(C(=O)CNCC3CC3)CC2)sc2ccccc12. The van der Waals surface area contributed by atoms with Crippen molar-refractivity contribution in [2.75, 3.05) is 39.3 Å². The summed E-state index contributed by atoms with van der Waals surface area (Å²) in [6.07, 6.45) is 2.58. The molecule has 0 spiro atoms. The third kappa shape index (κ3) is 3.62. The first-order chi connectivity index (χ1) is 12.6. The third-order valence-electron chi connectivity index (χ3n) is 5.36. The van der Waals surface area contributed by atoms with Gasteiger partial charge in [0, 0.05) is 30.9 Å². The highest BCUT2D eigenvalue weighted by atomic mass is 32.1. The Balaban J connectivity index is 1.34. The molecular weight excluding hydrogens is 346 g/mol. The number of piperazine rings is 1. The van der Waals surface area contributed by atoms with Gasteiger partial charge in [0.15, 0.2) is 0 Å². The minimum atomic E-state index is 0.0997. The number of rotatable bonds is 5. The van der Waals surface area contributed by atoms with Crippen LogP contribution in [0, 0.1) is 12.8 Å². The first-order valence-corrected chi connectivity index (χ1v) is 10.2. The van der Waals surface area contributed by atoms with E-state index >= 15 is 0 Å². The molecule has 0 bridgehead atoms. The summed E-state index contributed by atoms with van der Waals surface area (Å²) in [5.74, 6) is 1.03. The van der Waals surface area contributed by atoms with E-state index in [1.54, 1.807) is 11.3 Å². The van der Waals surface area contributed by atoms with Crippen molar-refractivity contribution in [3.8, 4) is 0 Å². The third-order valence-corrected chi connectivity index (χ3v) is 6.62. The number of nitrogens with one attached hydrogen (secondary N) is 1. The molecule has 6 heteroatoms. The van der Waals surface area contributed by atoms with Crippen LogP contribution in [0.2, 0.25) is 0 Å². The van der Waals surface area contributed by atoms with Gasteiger partial charge in [-0.3, -0.25) is 9.59 Å². The molecule has 1 aromatic carbocycles. The van der Waals surface area contributed by atoms with Crippen LogP contribution in [-0.4, -0.2) is 60.9 Å². The molecule has 2 aliphatic rings. The quantitative estimate of drug-likeness (QED) is 0.879. The van der Waals surface area contributed by atoms with E-state index in [-0.39, 0.29) is 11.8 Å². The van der Waals surface area contributed by atoms with Crippen LogP contribution in [0.3, 0.4) is 0 Å². The van der Waals surface area contributed by atoms with Crippen LogP contribution < -0.4 is 5.32 Å². The zero-order valence-electron chi connectivity index (χ0n) is 15.2. The summed E-state index contributed by atoms with van der Waals surface area (Å²) in [7, 11) is 0. The van der Waals surface area contributed by atoms with Crippen molar-refractivity contribution in [2.45, 2.75) is 19.8 Å². The van der Waals surface area contributed by atoms with Gasteiger partial charge in [-0.05, 0) is 49.2 Å². The molecule has 5 nitrogen and oxygen atoms in total. The zero-order valence-corrected chi connectivity index (χ0v) is 16.0. The minimum absolute atomic E-state index is 0.0997. The molecule has 2 aromatic rings. The number of hydrogen-bond donors (Lipinski definition) is 1. The van der Waals surface area contributed by atoms with Gasteiger partial charge in [-0.25, -0.2) is 0 Å². The van der Waals surface area contributed by atoms with Crippen molar-refractivity contribution in [1.82, 2.24) is 15.1 Å². The first kappa shape index (κ1) is 17.5. The van der Waals surface area contributed by atoms with Gasteiger partial charge < -0.3 is 15.1 Å². The molecule has 2 heterocycles. The summed E-state index contributed by atoms with van der Waals surface area (Å²) in [6.45, 7) is 5.87. The van der Waals surface area contributed by atoms with Crippen molar-refractivity contribution < 1.29 is 9.59 Å². The van der Waals surface area contributed by atoms with Gasteiger partial charge in [-0.2, -0.15) is 0 Å². The van der Waals surface area contributed by atoms with Crippen LogP contribution in [0.5, 0.6) is 0 Å². The van der Waals surface area contributed by atoms with E-state index in [0.29, 0.717) is 32.7 Å². The Morgan fingerprint density at radius 1 is 1.12 bits per heavy atom. The number of fused-ring (bicyclic) bond motifs is 1. The minimum Gasteiger partial charge on any atom is -0.338 e. The van der Waals surface area contributed by atoms with Gasteiger partial charge in [0.25, 0.3) is 5.91 Å². The highest BCUT2D eigenvalue weighted by Gasteiger charge is 2.27. The molecule has 1 saturated carbocycles. The molecule has 1 saturated heterocycles. The summed E-state index contributed by atoms with van der Waals surface area (Å²) >= 11 is 1.57. The van der Waals surface area contributed by atoms with E-state index in [2.05, 4.69) is 17.4 Å². The normalized spacial score (nSPS) is 17.7. The molecule has 138 valence electrons. The van der Waals surface area contributed by atoms with Crippen molar-refractivity contribution in [1.29, 1.82) is 0 Å². The molecule has 1 aliphatic carbocycles. The number of carbonyl (C=O) groups excluding carboxylic acids is 2. The Morgan fingerprint density at radius 2 is 1.81 bits per heavy atom. The second-order valence-corrected chi connectivity index (χ2v) is 8.35. The standard InChI is InChI=1S/C20H25N3O2S/c1-14-16-4-2-3-5-17(16)26-19(14)20(25)23-10-8-22(9-11-23)18(24)13-21-12-15-6-7-15/h2-5,15,21H,6-13H2,1H3. The van der Waals surface area contributed by atoms with Crippen molar-refractivity contribution in [2.24, 2.45) is 5.92 Å². The maximum absolute atomic E-state index is 12.9. The highest BCUT2D eigenvalue weighted by molar-refractivity contribution is 7.21. The van der Waals surface area contributed by atoms with Gasteiger partial charge in [0.1, 0.15) is 0 Å². The summed E-state index contributed by atoms with van der Waals surface area (Å²) in [5.41, 5.74) is 1.07. The average Bonchev–Trinajstić information content (AvgIpc) is 3.44. The van der Waals surface area contributed by atoms with E-state index in [0.717, 1.165) is 33.0 Å². The lowest BCUT2D eigenvalue weighted by Gasteiger charge is -2.34. The maximum Gasteiger partial charge on any atom is 0.264 e. The van der Waals surface area contributed by atoms with Crippen LogP contribution in [-0.2, 0) is 4.79 Å². The smallest absolute Gasteiger partial charge is 0.264 e. The van der Waals surface area contributed by atoms with E-state index in [4.69, 9.17) is 0 Å². The van der Waals surface area contributed by atoms with Gasteiger partial charge >= 0.3 is 0 Å². The summed E-state index contributed by atoms with van der Waals surface area (Å²) < 4.78 is 1.16. The van der Waals surface area contributed by atoms with Crippen LogP contribution >= 0.6 is 11.3 Å². The second kappa shape index (κ2) is 7.37. The molecular formula is C20H25N3O2S. The lowest BCUT2D eigenvalue weighted by atomic mass is 10.1. The molecule has 1 aliphatic heterocycles. The fraction of sp³-hybridized carbons (Fsp3) is 0.500. The van der Waals surface area contributed by atoms with E-state index in [1.165, 1.54) is 12.8 Å². The van der Waals surface area contributed by atoms with E-state index in [1.807, 2.05) is 28.9 Å². The molecule has 2 amide bonds. The Hall–Kier alpha value is -1.92. The van der Waals surface area contributed by atoms with Crippen LogP contribution in [0.25, 0.3) is 10.1 Å². The van der Waals surface area contributed by atoms with Crippen molar-refractivity contribution in [3.63, 3.8) is 0 Å². The molecule has 0 atom stereocenters. The van der Waals surface area contributed by atoms with E-state index < -0.39 is 0 Å². The molecule has 0 unspecified atom stereocenters. The predicted octanol–water partition coefficient (Wildman–Crippen LogP) is 2.49. The topological polar surface area (TPSA) is 52.7 Å². The number of amides is 2. The molecule has 1 N–H and O–H groups in total. The van der Waals surface area contributed by atoms with Crippen molar-refractivity contribution in [3.05, 3.63) is 34.7 Å². The maximum atomic E-state index is 12.9. The van der Waals surface area contributed by atoms with Crippen molar-refractivity contribution >= 4 is 33.2 Å². The molecule has 0 radical (unpaired) electrons. The number of thiophene rings is 1. The summed E-state index contributed by atoms with van der Waals surface area (Å²) in [4.78, 5) is 29.8. The lowest BCUT2D eigenvalue weighted by Crippen LogP contribution is -2.52. The second-order valence-electron chi connectivity index (χ2n) is 7.30. The summed E-state index contributed by atoms with van der Waals surface area (Å²) in [5, 5.41) is 4.42. The van der Waals surface area contributed by atoms with Gasteiger partial charge in [-0.15, -0.1) is 11.3 Å². The number of benzene rings is 1. The van der Waals surface area contributed by atoms with Crippen LogP contribution in [0.15, 0.2) is 24.3 Å². The number of hydrogen-bond acceptors (Lipinski definition) is 4. The van der Waals surface area contributed by atoms with Crippen LogP contribution in [0.4, 0.5) is 0 Å². The fourth-order valence-corrected chi connectivity index (χ4v) is 4.67. The van der Waals surface area contributed by atoms with E-state index in [9.17, 15) is 9.59 Å². The van der Waals surface area contributed by atoms with Gasteiger partial charge in [-0.1, -0.05) is 18.2 Å². The van der Waals surface area contributed by atoms with Crippen LogP contribution in [0.1, 0.15) is 28.1 Å². The number of aryl methyl sites for hydroxylation is 1. The first-order valence-electron chi connectivity index (χ1n) is 9.39. The Bertz CT molecular complexity index is 820. The number of carbonyl (C=O) groups is 2. The molecule has 26 heavy (non-hydrogen) atoms. The van der Waals surface area contributed by atoms with Gasteiger partial charge in [0.2, 0.25) is 5.91 Å². The Kier molecular flexibility index (Phi) is 4.96. The zero-order chi connectivity index (χ0) is 18.1. The molecule has 1 aromatic heterocycles. The summed E-state index contributed by atoms with van der Waals surface area (Å²) in [6, 6.07) is 8.16. The lowest BCUT2D eigenvalue weighted by molar-refractivity contribution is -0.131. The molecule has 4 rings (SSSR count).